The van der Waals surface area contributed by atoms with Crippen LogP contribution in [0.5, 0.6) is 0 Å². The molecule has 0 atom stereocenters. The van der Waals surface area contributed by atoms with Gasteiger partial charge in [0.15, 0.2) is 0 Å². The molecule has 22 heavy (non-hydrogen) atoms. The van der Waals surface area contributed by atoms with Gasteiger partial charge in [-0.15, -0.1) is 0 Å². The number of fused-ring (bicyclic) bond motifs is 1. The molecule has 2 heterocycles. The molecule has 0 aliphatic carbocycles. The molecule has 0 amide bonds. The van der Waals surface area contributed by atoms with Gasteiger partial charge in [0.25, 0.3) is 0 Å². The van der Waals surface area contributed by atoms with Crippen LogP contribution in [0.4, 0.5) is 0 Å². The van der Waals surface area contributed by atoms with Crippen LogP contribution in [0.15, 0.2) is 27.4 Å². The minimum Gasteiger partial charge on any atom is -0.423 e. The van der Waals surface area contributed by atoms with E-state index in [1.165, 1.54) is 30.4 Å². The zero-order chi connectivity index (χ0) is 15.7. The van der Waals surface area contributed by atoms with Gasteiger partial charge in [0.1, 0.15) is 5.58 Å². The van der Waals surface area contributed by atoms with Gasteiger partial charge in [0.2, 0.25) is 0 Å². The molecule has 0 radical (unpaired) electrons. The molecular formula is C19H25NO2. The van der Waals surface area contributed by atoms with E-state index in [9.17, 15) is 4.79 Å². The van der Waals surface area contributed by atoms with E-state index in [-0.39, 0.29) is 5.63 Å². The van der Waals surface area contributed by atoms with Gasteiger partial charge in [-0.2, -0.15) is 0 Å². The van der Waals surface area contributed by atoms with E-state index in [2.05, 4.69) is 31.7 Å². The average molecular weight is 299 g/mol. The molecule has 3 rings (SSSR count). The van der Waals surface area contributed by atoms with Crippen LogP contribution in [0.2, 0.25) is 0 Å². The standard InChI is InChI=1S/C19H25NO2/c1-13(2)16-11-17-15(12-20-7-5-4-6-8-20)10-19(21)22-18(17)9-14(16)3/h9-11,13H,4-8,12H2,1-3H3. The molecule has 3 heteroatoms. The van der Waals surface area contributed by atoms with E-state index < -0.39 is 0 Å². The van der Waals surface area contributed by atoms with Crippen LogP contribution in [-0.2, 0) is 6.54 Å². The van der Waals surface area contributed by atoms with Gasteiger partial charge in [-0.25, -0.2) is 4.79 Å². The molecule has 0 spiro atoms. The number of likely N-dealkylation sites (tertiary alicyclic amines) is 1. The first kappa shape index (κ1) is 15.3. The van der Waals surface area contributed by atoms with Gasteiger partial charge >= 0.3 is 5.63 Å². The number of piperidine rings is 1. The van der Waals surface area contributed by atoms with Crippen molar-refractivity contribution in [3.05, 3.63) is 45.3 Å². The van der Waals surface area contributed by atoms with Crippen molar-refractivity contribution in [2.24, 2.45) is 0 Å². The van der Waals surface area contributed by atoms with E-state index >= 15 is 0 Å². The van der Waals surface area contributed by atoms with Gasteiger partial charge in [-0.05, 0) is 67.6 Å². The van der Waals surface area contributed by atoms with Gasteiger partial charge in [-0.1, -0.05) is 20.3 Å². The molecule has 1 saturated heterocycles. The summed E-state index contributed by atoms with van der Waals surface area (Å²) in [7, 11) is 0. The van der Waals surface area contributed by atoms with Crippen molar-refractivity contribution in [3.63, 3.8) is 0 Å². The summed E-state index contributed by atoms with van der Waals surface area (Å²) in [6.07, 6.45) is 3.84. The molecule has 0 unspecified atom stereocenters. The van der Waals surface area contributed by atoms with Crippen LogP contribution in [0.3, 0.4) is 0 Å². The Morgan fingerprint density at radius 3 is 2.55 bits per heavy atom. The fourth-order valence-electron chi connectivity index (χ4n) is 3.50. The lowest BCUT2D eigenvalue weighted by atomic mass is 9.94. The first-order valence-electron chi connectivity index (χ1n) is 8.34. The molecule has 0 saturated carbocycles. The zero-order valence-corrected chi connectivity index (χ0v) is 13.8. The van der Waals surface area contributed by atoms with Gasteiger partial charge in [0, 0.05) is 18.0 Å². The maximum atomic E-state index is 11.9. The summed E-state index contributed by atoms with van der Waals surface area (Å²) in [5.74, 6) is 0.471. The van der Waals surface area contributed by atoms with Crippen LogP contribution in [-0.4, -0.2) is 18.0 Å². The molecule has 1 aromatic carbocycles. The second-order valence-corrected chi connectivity index (χ2v) is 6.79. The Hall–Kier alpha value is -1.61. The first-order chi connectivity index (χ1) is 10.5. The van der Waals surface area contributed by atoms with Gasteiger partial charge in [0.05, 0.1) is 0 Å². The van der Waals surface area contributed by atoms with Crippen molar-refractivity contribution in [3.8, 4) is 0 Å². The zero-order valence-electron chi connectivity index (χ0n) is 13.8. The molecule has 1 aromatic heterocycles. The van der Waals surface area contributed by atoms with Crippen molar-refractivity contribution >= 4 is 11.0 Å². The summed E-state index contributed by atoms with van der Waals surface area (Å²) in [6.45, 7) is 9.61. The minimum atomic E-state index is -0.240. The summed E-state index contributed by atoms with van der Waals surface area (Å²) in [4.78, 5) is 14.3. The SMILES string of the molecule is Cc1cc2oc(=O)cc(CN3CCCCC3)c2cc1C(C)C. The minimum absolute atomic E-state index is 0.240. The fourth-order valence-corrected chi connectivity index (χ4v) is 3.50. The van der Waals surface area contributed by atoms with Crippen molar-refractivity contribution in [1.29, 1.82) is 0 Å². The third-order valence-electron chi connectivity index (χ3n) is 4.68. The predicted molar refractivity (Wildman–Crippen MR) is 90.4 cm³/mol. The molecule has 0 N–H and O–H groups in total. The Labute approximate surface area is 131 Å². The van der Waals surface area contributed by atoms with Crippen LogP contribution in [0.1, 0.15) is 55.7 Å². The normalized spacial score (nSPS) is 16.5. The second kappa shape index (κ2) is 6.25. The Morgan fingerprint density at radius 2 is 1.86 bits per heavy atom. The quantitative estimate of drug-likeness (QED) is 0.796. The highest BCUT2D eigenvalue weighted by molar-refractivity contribution is 5.82. The van der Waals surface area contributed by atoms with Crippen LogP contribution < -0.4 is 5.63 Å². The largest absolute Gasteiger partial charge is 0.423 e. The van der Waals surface area contributed by atoms with E-state index in [0.29, 0.717) is 5.92 Å². The summed E-state index contributed by atoms with van der Waals surface area (Å²) in [5.41, 5.74) is 4.12. The Morgan fingerprint density at radius 1 is 1.14 bits per heavy atom. The first-order valence-corrected chi connectivity index (χ1v) is 8.34. The lowest BCUT2D eigenvalue weighted by Gasteiger charge is -2.26. The maximum absolute atomic E-state index is 11.9. The Bertz CT molecular complexity index is 724. The summed E-state index contributed by atoms with van der Waals surface area (Å²) in [6, 6.07) is 5.92. The predicted octanol–water partition coefficient (Wildman–Crippen LogP) is 4.21. The smallest absolute Gasteiger partial charge is 0.336 e. The molecule has 1 aliphatic rings. The monoisotopic (exact) mass is 299 g/mol. The molecule has 2 aromatic rings. The van der Waals surface area contributed by atoms with E-state index in [1.807, 2.05) is 6.07 Å². The third-order valence-corrected chi connectivity index (χ3v) is 4.68. The highest BCUT2D eigenvalue weighted by Gasteiger charge is 2.15. The van der Waals surface area contributed by atoms with E-state index in [0.717, 1.165) is 36.2 Å². The summed E-state index contributed by atoms with van der Waals surface area (Å²) >= 11 is 0. The maximum Gasteiger partial charge on any atom is 0.336 e. The number of rotatable bonds is 3. The highest BCUT2D eigenvalue weighted by atomic mass is 16.4. The molecular weight excluding hydrogens is 274 g/mol. The Kier molecular flexibility index (Phi) is 4.34. The third kappa shape index (κ3) is 3.09. The van der Waals surface area contributed by atoms with E-state index in [4.69, 9.17) is 4.42 Å². The summed E-state index contributed by atoms with van der Waals surface area (Å²) < 4.78 is 5.43. The number of benzene rings is 1. The van der Waals surface area contributed by atoms with Crippen molar-refractivity contribution in [2.45, 2.75) is 52.5 Å². The van der Waals surface area contributed by atoms with Crippen LogP contribution in [0, 0.1) is 6.92 Å². The Balaban J connectivity index is 2.07. The number of nitrogens with zero attached hydrogens (tertiary/aromatic N) is 1. The van der Waals surface area contributed by atoms with Crippen LogP contribution in [0.25, 0.3) is 11.0 Å². The van der Waals surface area contributed by atoms with Crippen LogP contribution >= 0.6 is 0 Å². The average Bonchev–Trinajstić information content (AvgIpc) is 2.47. The van der Waals surface area contributed by atoms with Crippen molar-refractivity contribution in [1.82, 2.24) is 4.90 Å². The lowest BCUT2D eigenvalue weighted by Crippen LogP contribution is -2.29. The number of aryl methyl sites for hydroxylation is 1. The fraction of sp³-hybridized carbons (Fsp3) is 0.526. The summed E-state index contributed by atoms with van der Waals surface area (Å²) in [5, 5.41) is 1.10. The van der Waals surface area contributed by atoms with Gasteiger partial charge in [-0.3, -0.25) is 4.90 Å². The van der Waals surface area contributed by atoms with Gasteiger partial charge < -0.3 is 4.42 Å². The van der Waals surface area contributed by atoms with Crippen molar-refractivity contribution < 1.29 is 4.42 Å². The second-order valence-electron chi connectivity index (χ2n) is 6.79. The molecule has 1 fully saturated rings. The van der Waals surface area contributed by atoms with Crippen molar-refractivity contribution in [2.75, 3.05) is 13.1 Å². The van der Waals surface area contributed by atoms with E-state index in [1.54, 1.807) is 6.07 Å². The number of hydrogen-bond acceptors (Lipinski definition) is 3. The highest BCUT2D eigenvalue weighted by Crippen LogP contribution is 2.27. The lowest BCUT2D eigenvalue weighted by molar-refractivity contribution is 0.221. The molecule has 3 nitrogen and oxygen atoms in total. The topological polar surface area (TPSA) is 33.5 Å². The molecule has 118 valence electrons. The molecule has 0 bridgehead atoms. The molecule has 1 aliphatic heterocycles. The number of hydrogen-bond donors (Lipinski definition) is 0.